The third-order valence-electron chi connectivity index (χ3n) is 4.32. The fourth-order valence-electron chi connectivity index (χ4n) is 2.85. The van der Waals surface area contributed by atoms with Crippen molar-refractivity contribution in [1.29, 1.82) is 0 Å². The summed E-state index contributed by atoms with van der Waals surface area (Å²) in [6.07, 6.45) is 1.52. The average Bonchev–Trinajstić information content (AvgIpc) is 2.89. The summed E-state index contributed by atoms with van der Waals surface area (Å²) < 4.78 is 5.50. The number of carbonyl (C=O) groups is 2. The van der Waals surface area contributed by atoms with Crippen LogP contribution in [0.5, 0.6) is 0 Å². The zero-order chi connectivity index (χ0) is 18.7. The maximum Gasteiger partial charge on any atom is 0.410 e. The van der Waals surface area contributed by atoms with E-state index in [0.717, 1.165) is 12.8 Å². The van der Waals surface area contributed by atoms with Crippen LogP contribution in [0.1, 0.15) is 61.3 Å². The number of nitrogens with zero attached hydrogens (tertiary/aromatic N) is 2. The van der Waals surface area contributed by atoms with Gasteiger partial charge in [-0.25, -0.2) is 4.79 Å². The summed E-state index contributed by atoms with van der Waals surface area (Å²) in [5, 5.41) is 0. The molecule has 1 rings (SSSR count). The molecule has 0 radical (unpaired) electrons. The lowest BCUT2D eigenvalue weighted by atomic mass is 10.0. The predicted molar refractivity (Wildman–Crippen MR) is 95.6 cm³/mol. The van der Waals surface area contributed by atoms with Crippen LogP contribution in [0.25, 0.3) is 0 Å². The summed E-state index contributed by atoms with van der Waals surface area (Å²) in [7, 11) is 0. The van der Waals surface area contributed by atoms with E-state index in [1.165, 1.54) is 0 Å². The minimum atomic E-state index is -0.516. The zero-order valence-electron chi connectivity index (χ0n) is 16.3. The maximum absolute atomic E-state index is 12.7. The fraction of sp³-hybridized carbons (Fsp3) is 0.889. The lowest BCUT2D eigenvalue weighted by Crippen LogP contribution is -2.54. The van der Waals surface area contributed by atoms with Gasteiger partial charge in [-0.1, -0.05) is 13.8 Å². The van der Waals surface area contributed by atoms with Crippen molar-refractivity contribution in [2.75, 3.05) is 13.1 Å². The third-order valence-corrected chi connectivity index (χ3v) is 4.32. The van der Waals surface area contributed by atoms with Crippen molar-refractivity contribution in [2.45, 2.75) is 85.0 Å². The molecule has 0 aliphatic carbocycles. The first-order chi connectivity index (χ1) is 10.9. The molecule has 1 aliphatic heterocycles. The Morgan fingerprint density at radius 1 is 1.25 bits per heavy atom. The first-order valence-electron chi connectivity index (χ1n) is 8.99. The molecule has 1 aliphatic rings. The number of nitrogens with two attached hydrogens (primary N) is 1. The minimum absolute atomic E-state index is 0.00874. The number of rotatable bonds is 5. The van der Waals surface area contributed by atoms with Crippen LogP contribution >= 0.6 is 0 Å². The van der Waals surface area contributed by atoms with Crippen LogP contribution in [-0.4, -0.2) is 58.6 Å². The summed E-state index contributed by atoms with van der Waals surface area (Å²) in [5.74, 6) is 0.0420. The van der Waals surface area contributed by atoms with Crippen molar-refractivity contribution in [2.24, 2.45) is 11.7 Å². The van der Waals surface area contributed by atoms with Gasteiger partial charge in [-0.2, -0.15) is 0 Å². The molecule has 0 aromatic heterocycles. The van der Waals surface area contributed by atoms with E-state index in [4.69, 9.17) is 10.5 Å². The molecule has 6 nitrogen and oxygen atoms in total. The van der Waals surface area contributed by atoms with Crippen molar-refractivity contribution in [1.82, 2.24) is 9.80 Å². The van der Waals surface area contributed by atoms with E-state index in [1.54, 1.807) is 9.80 Å². The molecule has 2 N–H and O–H groups in total. The largest absolute Gasteiger partial charge is 0.444 e. The van der Waals surface area contributed by atoms with Gasteiger partial charge in [-0.15, -0.1) is 0 Å². The van der Waals surface area contributed by atoms with Crippen LogP contribution < -0.4 is 5.73 Å². The molecule has 1 saturated heterocycles. The van der Waals surface area contributed by atoms with Gasteiger partial charge >= 0.3 is 6.09 Å². The molecule has 1 fully saturated rings. The molecule has 140 valence electrons. The van der Waals surface area contributed by atoms with Crippen LogP contribution in [0.4, 0.5) is 4.79 Å². The van der Waals surface area contributed by atoms with Gasteiger partial charge in [-0.05, 0) is 53.4 Å². The first-order valence-corrected chi connectivity index (χ1v) is 8.99. The van der Waals surface area contributed by atoms with Crippen molar-refractivity contribution < 1.29 is 14.3 Å². The summed E-state index contributed by atoms with van der Waals surface area (Å²) >= 11 is 0. The Hall–Kier alpha value is -1.30. The highest BCUT2D eigenvalue weighted by atomic mass is 16.6. The van der Waals surface area contributed by atoms with Gasteiger partial charge in [0.25, 0.3) is 0 Å². The number of hydrogen-bond acceptors (Lipinski definition) is 4. The van der Waals surface area contributed by atoms with Crippen LogP contribution in [0.2, 0.25) is 0 Å². The molecular weight excluding hydrogens is 306 g/mol. The standard InChI is InChI=1S/C18H35N3O3/c1-12(2)15(19)16(22)21(13(3)4)11-14-9-8-10-20(14)17(23)24-18(5,6)7/h12-15H,8-11,19H2,1-7H3/t14-,15-/m0/s1. The molecule has 0 unspecified atom stereocenters. The van der Waals surface area contributed by atoms with Gasteiger partial charge < -0.3 is 20.3 Å². The molecule has 0 aromatic rings. The normalized spacial score (nSPS) is 19.8. The predicted octanol–water partition coefficient (Wildman–Crippen LogP) is 2.61. The van der Waals surface area contributed by atoms with E-state index in [2.05, 4.69) is 0 Å². The van der Waals surface area contributed by atoms with E-state index < -0.39 is 11.6 Å². The van der Waals surface area contributed by atoms with Crippen LogP contribution in [0.3, 0.4) is 0 Å². The molecule has 0 saturated carbocycles. The van der Waals surface area contributed by atoms with Gasteiger partial charge in [0, 0.05) is 19.1 Å². The number of amides is 2. The maximum atomic E-state index is 12.7. The second-order valence-electron chi connectivity index (χ2n) is 8.32. The van der Waals surface area contributed by atoms with E-state index >= 15 is 0 Å². The van der Waals surface area contributed by atoms with E-state index in [-0.39, 0.29) is 30.0 Å². The van der Waals surface area contributed by atoms with Crippen molar-refractivity contribution in [3.63, 3.8) is 0 Å². The Morgan fingerprint density at radius 3 is 2.29 bits per heavy atom. The van der Waals surface area contributed by atoms with E-state index in [1.807, 2.05) is 48.5 Å². The third kappa shape index (κ3) is 5.65. The Balaban J connectivity index is 2.82. The van der Waals surface area contributed by atoms with Crippen LogP contribution in [0.15, 0.2) is 0 Å². The molecule has 0 spiro atoms. The molecule has 0 aromatic carbocycles. The monoisotopic (exact) mass is 341 g/mol. The van der Waals surface area contributed by atoms with E-state index in [0.29, 0.717) is 13.1 Å². The topological polar surface area (TPSA) is 75.9 Å². The Labute approximate surface area is 146 Å². The van der Waals surface area contributed by atoms with Gasteiger partial charge in [0.05, 0.1) is 12.1 Å². The molecule has 6 heteroatoms. The quantitative estimate of drug-likeness (QED) is 0.834. The van der Waals surface area contributed by atoms with Gasteiger partial charge in [0.2, 0.25) is 5.91 Å². The van der Waals surface area contributed by atoms with Crippen LogP contribution in [-0.2, 0) is 9.53 Å². The molecule has 2 atom stereocenters. The van der Waals surface area contributed by atoms with Crippen molar-refractivity contribution in [3.8, 4) is 0 Å². The number of likely N-dealkylation sites (tertiary alicyclic amines) is 1. The smallest absolute Gasteiger partial charge is 0.410 e. The first kappa shape index (κ1) is 20.7. The minimum Gasteiger partial charge on any atom is -0.444 e. The van der Waals surface area contributed by atoms with Crippen molar-refractivity contribution in [3.05, 3.63) is 0 Å². The van der Waals surface area contributed by atoms with Gasteiger partial charge in [0.1, 0.15) is 5.60 Å². The average molecular weight is 341 g/mol. The molecule has 2 amide bonds. The highest BCUT2D eigenvalue weighted by molar-refractivity contribution is 5.82. The summed E-state index contributed by atoms with van der Waals surface area (Å²) in [6.45, 7) is 14.6. The Morgan fingerprint density at radius 2 is 1.83 bits per heavy atom. The fourth-order valence-corrected chi connectivity index (χ4v) is 2.85. The molecule has 24 heavy (non-hydrogen) atoms. The zero-order valence-corrected chi connectivity index (χ0v) is 16.3. The van der Waals surface area contributed by atoms with Gasteiger partial charge in [0.15, 0.2) is 0 Å². The van der Waals surface area contributed by atoms with Crippen molar-refractivity contribution >= 4 is 12.0 Å². The Kier molecular flexibility index (Phi) is 7.08. The highest BCUT2D eigenvalue weighted by Gasteiger charge is 2.35. The summed E-state index contributed by atoms with van der Waals surface area (Å²) in [5.41, 5.74) is 5.54. The number of hydrogen-bond donors (Lipinski definition) is 1. The van der Waals surface area contributed by atoms with Crippen LogP contribution in [0, 0.1) is 5.92 Å². The second kappa shape index (κ2) is 8.19. The number of ether oxygens (including phenoxy) is 1. The SMILES string of the molecule is CC(C)[C@H](N)C(=O)N(C[C@@H]1CCCN1C(=O)OC(C)(C)C)C(C)C. The molecular formula is C18H35N3O3. The lowest BCUT2D eigenvalue weighted by molar-refractivity contribution is -0.136. The van der Waals surface area contributed by atoms with E-state index in [9.17, 15) is 9.59 Å². The molecule has 0 bridgehead atoms. The number of carbonyl (C=O) groups excluding carboxylic acids is 2. The van der Waals surface area contributed by atoms with Gasteiger partial charge in [-0.3, -0.25) is 4.79 Å². The Bertz CT molecular complexity index is 443. The lowest BCUT2D eigenvalue weighted by Gasteiger charge is -2.36. The summed E-state index contributed by atoms with van der Waals surface area (Å²) in [4.78, 5) is 28.7. The summed E-state index contributed by atoms with van der Waals surface area (Å²) in [6, 6.07) is -0.474. The second-order valence-corrected chi connectivity index (χ2v) is 8.32. The molecule has 1 heterocycles. The highest BCUT2D eigenvalue weighted by Crippen LogP contribution is 2.23.